The van der Waals surface area contributed by atoms with Crippen LogP contribution in [0.4, 0.5) is 0 Å². The van der Waals surface area contributed by atoms with Crippen molar-refractivity contribution in [3.8, 4) is 0 Å². The van der Waals surface area contributed by atoms with Crippen LogP contribution in [0.1, 0.15) is 5.56 Å². The Morgan fingerprint density at radius 3 is 2.05 bits per heavy atom. The zero-order valence-corrected chi connectivity index (χ0v) is 15.2. The van der Waals surface area contributed by atoms with Crippen LogP contribution in [0.15, 0.2) is 79.3 Å². The molecule has 100 valence electrons. The maximum atomic E-state index is 3.75. The third-order valence-corrected chi connectivity index (χ3v) is 10.1. The molecule has 3 rings (SSSR count). The van der Waals surface area contributed by atoms with Gasteiger partial charge in [-0.1, -0.05) is 48.5 Å². The molecule has 1 aliphatic rings. The molecule has 0 aliphatic carbocycles. The normalized spacial score (nSPS) is 18.9. The summed E-state index contributed by atoms with van der Waals surface area (Å²) in [5.41, 5.74) is 2.47. The highest BCUT2D eigenvalue weighted by Crippen LogP contribution is 2.49. The topological polar surface area (TPSA) is 0 Å². The molecule has 1 atom stereocenters. The Morgan fingerprint density at radius 2 is 1.40 bits per heavy atom. The molecule has 20 heavy (non-hydrogen) atoms. The third-order valence-electron chi connectivity index (χ3n) is 2.85. The molecule has 0 bridgehead atoms. The van der Waals surface area contributed by atoms with Crippen molar-refractivity contribution in [1.29, 1.82) is 0 Å². The molecule has 0 saturated carbocycles. The van der Waals surface area contributed by atoms with Gasteiger partial charge in [-0.2, -0.15) is 0 Å². The van der Waals surface area contributed by atoms with E-state index in [1.807, 2.05) is 16.9 Å². The van der Waals surface area contributed by atoms with Crippen molar-refractivity contribution in [3.63, 3.8) is 0 Å². The maximum absolute atomic E-state index is 3.75. The molecule has 0 aromatic heterocycles. The highest BCUT2D eigenvalue weighted by molar-refractivity contribution is 9.18. The van der Waals surface area contributed by atoms with Gasteiger partial charge in [-0.25, -0.2) is 0 Å². The molecule has 0 radical (unpaired) electrons. The van der Waals surface area contributed by atoms with Crippen LogP contribution >= 0.6 is 42.7 Å². The largest absolute Gasteiger partial charge is 0.216 e. The summed E-state index contributed by atoms with van der Waals surface area (Å²) in [5, 5.41) is 0. The van der Waals surface area contributed by atoms with Crippen LogP contribution in [0.3, 0.4) is 0 Å². The van der Waals surface area contributed by atoms with Crippen LogP contribution in [0.5, 0.6) is 0 Å². The molecule has 0 fully saturated rings. The highest BCUT2D eigenvalue weighted by atomic mass is 79.9. The molecule has 0 nitrogen and oxygen atoms in total. The standard InChI is InChI=1S/C16H11Br2S2/c17-15-11-14(12-7-3-1-4-8-12)16(18)19-20(15)13-9-5-2-6-10-13/h1-11H/q+1. The van der Waals surface area contributed by atoms with Crippen LogP contribution in [-0.4, -0.2) is 0 Å². The van der Waals surface area contributed by atoms with Gasteiger partial charge in [-0.05, 0) is 33.6 Å². The van der Waals surface area contributed by atoms with E-state index in [9.17, 15) is 0 Å². The Hall–Kier alpha value is -0.420. The molecule has 2 aromatic carbocycles. The second kappa shape index (κ2) is 6.56. The number of hydrogen-bond acceptors (Lipinski definition) is 1. The quantitative estimate of drug-likeness (QED) is 0.399. The molecule has 4 heteroatoms. The van der Waals surface area contributed by atoms with Crippen LogP contribution in [0, 0.1) is 0 Å². The predicted molar refractivity (Wildman–Crippen MR) is 99.0 cm³/mol. The van der Waals surface area contributed by atoms with E-state index in [1.54, 1.807) is 0 Å². The van der Waals surface area contributed by atoms with Gasteiger partial charge >= 0.3 is 0 Å². The monoisotopic (exact) mass is 425 g/mol. The van der Waals surface area contributed by atoms with Gasteiger partial charge in [-0.15, -0.1) is 0 Å². The summed E-state index contributed by atoms with van der Waals surface area (Å²) in [6, 6.07) is 21.1. The maximum Gasteiger partial charge on any atom is 0.216 e. The molecule has 0 N–H and O–H groups in total. The summed E-state index contributed by atoms with van der Waals surface area (Å²) in [6.45, 7) is 0. The second-order valence-electron chi connectivity index (χ2n) is 4.17. The Bertz CT molecular complexity index is 663. The molecule has 1 unspecified atom stereocenters. The van der Waals surface area contributed by atoms with E-state index in [0.717, 1.165) is 0 Å². The van der Waals surface area contributed by atoms with E-state index in [4.69, 9.17) is 0 Å². The Kier molecular flexibility index (Phi) is 4.76. The van der Waals surface area contributed by atoms with Crippen molar-refractivity contribution in [2.24, 2.45) is 0 Å². The fraction of sp³-hybridized carbons (Fsp3) is 0. The molecule has 1 aliphatic heterocycles. The number of hydrogen-bond donors (Lipinski definition) is 0. The fourth-order valence-corrected chi connectivity index (χ4v) is 7.97. The number of rotatable bonds is 2. The van der Waals surface area contributed by atoms with E-state index in [2.05, 4.69) is 92.5 Å². The Morgan fingerprint density at radius 1 is 0.800 bits per heavy atom. The first-order valence-corrected chi connectivity index (χ1v) is 10.2. The lowest BCUT2D eigenvalue weighted by atomic mass is 10.1. The average Bonchev–Trinajstić information content (AvgIpc) is 2.51. The van der Waals surface area contributed by atoms with Crippen LogP contribution < -0.4 is 0 Å². The van der Waals surface area contributed by atoms with Crippen molar-refractivity contribution in [2.45, 2.75) is 4.90 Å². The zero-order valence-electron chi connectivity index (χ0n) is 10.4. The minimum atomic E-state index is 0.0123. The van der Waals surface area contributed by atoms with Gasteiger partial charge in [-0.3, -0.25) is 0 Å². The number of halogens is 2. The summed E-state index contributed by atoms with van der Waals surface area (Å²) in [6.07, 6.45) is 2.23. The summed E-state index contributed by atoms with van der Waals surface area (Å²) in [5.74, 6) is 0. The zero-order chi connectivity index (χ0) is 13.9. The second-order valence-corrected chi connectivity index (χ2v) is 10.4. The first-order chi connectivity index (χ1) is 9.75. The van der Waals surface area contributed by atoms with Gasteiger partial charge in [0.15, 0.2) is 4.90 Å². The van der Waals surface area contributed by atoms with Crippen LogP contribution in [-0.2, 0) is 9.93 Å². The van der Waals surface area contributed by atoms with Crippen LogP contribution in [0.2, 0.25) is 0 Å². The van der Waals surface area contributed by atoms with Gasteiger partial charge in [0.2, 0.25) is 3.81 Å². The van der Waals surface area contributed by atoms with E-state index < -0.39 is 0 Å². The summed E-state index contributed by atoms with van der Waals surface area (Å²) >= 11 is 7.50. The number of allylic oxidation sites excluding steroid dienone is 2. The van der Waals surface area contributed by atoms with Crippen molar-refractivity contribution in [2.75, 3.05) is 0 Å². The van der Waals surface area contributed by atoms with Gasteiger partial charge in [0.25, 0.3) is 0 Å². The summed E-state index contributed by atoms with van der Waals surface area (Å²) < 4.78 is 2.43. The van der Waals surface area contributed by atoms with E-state index >= 15 is 0 Å². The number of benzene rings is 2. The van der Waals surface area contributed by atoms with Gasteiger partial charge < -0.3 is 0 Å². The lowest BCUT2D eigenvalue weighted by Crippen LogP contribution is -2.01. The molecule has 0 amide bonds. The average molecular weight is 427 g/mol. The van der Waals surface area contributed by atoms with E-state index in [0.29, 0.717) is 0 Å². The van der Waals surface area contributed by atoms with Crippen molar-refractivity contribution >= 4 is 58.2 Å². The smallest absolute Gasteiger partial charge is 0.0622 e. The van der Waals surface area contributed by atoms with Gasteiger partial charge in [0.1, 0.15) is 24.5 Å². The molecule has 1 heterocycles. The summed E-state index contributed by atoms with van der Waals surface area (Å²) in [4.78, 5) is 1.34. The molecular weight excluding hydrogens is 416 g/mol. The van der Waals surface area contributed by atoms with Gasteiger partial charge in [0.05, 0.1) is 0 Å². The molecule has 2 aromatic rings. The fourth-order valence-electron chi connectivity index (χ4n) is 1.90. The van der Waals surface area contributed by atoms with Crippen molar-refractivity contribution < 1.29 is 0 Å². The highest BCUT2D eigenvalue weighted by Gasteiger charge is 2.35. The lowest BCUT2D eigenvalue weighted by molar-refractivity contribution is 1.47. The third kappa shape index (κ3) is 3.08. The molecule has 0 saturated heterocycles. The van der Waals surface area contributed by atoms with Crippen molar-refractivity contribution in [3.05, 3.63) is 79.9 Å². The molecular formula is C16H11Br2S2+. The Balaban J connectivity index is 1.96. The first kappa shape index (κ1) is 14.5. The minimum Gasteiger partial charge on any atom is -0.0622 e. The minimum absolute atomic E-state index is 0.0123. The Labute approximate surface area is 142 Å². The van der Waals surface area contributed by atoms with Crippen LogP contribution in [0.25, 0.3) is 5.57 Å². The van der Waals surface area contributed by atoms with E-state index in [-0.39, 0.29) is 9.93 Å². The van der Waals surface area contributed by atoms with Gasteiger partial charge in [0, 0.05) is 27.6 Å². The van der Waals surface area contributed by atoms with E-state index in [1.165, 1.54) is 23.7 Å². The summed E-state index contributed by atoms with van der Waals surface area (Å²) in [7, 11) is 1.87. The lowest BCUT2D eigenvalue weighted by Gasteiger charge is -2.13. The predicted octanol–water partition coefficient (Wildman–Crippen LogP) is 6.33. The first-order valence-electron chi connectivity index (χ1n) is 6.06. The SMILES string of the molecule is BrC1=CC(c2ccccc2)=C(Br)S[S+]1c1ccccc1. The van der Waals surface area contributed by atoms with Crippen molar-refractivity contribution in [1.82, 2.24) is 0 Å². The molecule has 0 spiro atoms.